The van der Waals surface area contributed by atoms with Crippen LogP contribution in [0.25, 0.3) is 10.9 Å². The highest BCUT2D eigenvalue weighted by molar-refractivity contribution is 6.09. The van der Waals surface area contributed by atoms with Crippen molar-refractivity contribution in [2.75, 3.05) is 46.3 Å². The van der Waals surface area contributed by atoms with Crippen molar-refractivity contribution in [3.63, 3.8) is 0 Å². The third-order valence-corrected chi connectivity index (χ3v) is 12.1. The molecule has 0 spiro atoms. The van der Waals surface area contributed by atoms with Gasteiger partial charge in [0, 0.05) is 69.0 Å². The molecular formula is C43H56N8O6. The lowest BCUT2D eigenvalue weighted by Gasteiger charge is -2.42. The van der Waals surface area contributed by atoms with Crippen molar-refractivity contribution in [2.24, 2.45) is 17.1 Å². The Morgan fingerprint density at radius 2 is 1.81 bits per heavy atom. The van der Waals surface area contributed by atoms with Crippen molar-refractivity contribution in [1.29, 1.82) is 0 Å². The number of H-pyrrole nitrogens is 1. The number of fused-ring (bicyclic) bond motifs is 1. The van der Waals surface area contributed by atoms with Crippen LogP contribution in [-0.2, 0) is 35.2 Å². The number of likely N-dealkylation sites (N-methyl/N-ethyl adjacent to an activating group) is 1. The molecule has 0 radical (unpaired) electrons. The molecule has 6 atom stereocenters. The van der Waals surface area contributed by atoms with Gasteiger partial charge in [-0.05, 0) is 61.9 Å². The second-order valence-corrected chi connectivity index (χ2v) is 15.5. The van der Waals surface area contributed by atoms with E-state index in [1.807, 2.05) is 62.4 Å². The first-order valence-corrected chi connectivity index (χ1v) is 20.2. The number of rotatable bonds is 14. The van der Waals surface area contributed by atoms with Gasteiger partial charge < -0.3 is 40.8 Å². The highest BCUT2D eigenvalue weighted by Gasteiger charge is 2.53. The van der Waals surface area contributed by atoms with Crippen LogP contribution in [0, 0.1) is 11.3 Å². The minimum Gasteiger partial charge on any atom is -0.361 e. The van der Waals surface area contributed by atoms with Gasteiger partial charge in [0.2, 0.25) is 23.6 Å². The number of imide groups is 1. The van der Waals surface area contributed by atoms with E-state index in [2.05, 4.69) is 15.6 Å². The first-order valence-electron chi connectivity index (χ1n) is 20.2. The Morgan fingerprint density at radius 3 is 2.51 bits per heavy atom. The second-order valence-electron chi connectivity index (χ2n) is 15.5. The summed E-state index contributed by atoms with van der Waals surface area (Å²) in [5.41, 5.74) is 7.02. The number of aromatic nitrogens is 1. The molecule has 0 bridgehead atoms. The number of hydrogen-bond donors (Lipinski definition) is 4. The van der Waals surface area contributed by atoms with E-state index in [0.717, 1.165) is 21.4 Å². The van der Waals surface area contributed by atoms with Gasteiger partial charge in [-0.15, -0.1) is 0 Å². The number of benzene rings is 1. The van der Waals surface area contributed by atoms with Crippen LogP contribution in [-0.4, -0.2) is 131 Å². The van der Waals surface area contributed by atoms with Gasteiger partial charge in [-0.2, -0.15) is 0 Å². The zero-order valence-electron chi connectivity index (χ0n) is 33.2. The van der Waals surface area contributed by atoms with E-state index in [9.17, 15) is 28.8 Å². The number of aldehydes is 1. The van der Waals surface area contributed by atoms with Crippen LogP contribution in [0.15, 0.2) is 78.7 Å². The van der Waals surface area contributed by atoms with Crippen LogP contribution in [0.2, 0.25) is 0 Å². The maximum atomic E-state index is 14.8. The summed E-state index contributed by atoms with van der Waals surface area (Å²) in [5, 5.41) is 7.26. The Labute approximate surface area is 334 Å². The molecule has 1 aromatic heterocycles. The summed E-state index contributed by atoms with van der Waals surface area (Å²) in [7, 11) is 1.64. The summed E-state index contributed by atoms with van der Waals surface area (Å²) in [4.78, 5) is 94.8. The van der Waals surface area contributed by atoms with E-state index in [1.165, 1.54) is 4.90 Å². The minimum atomic E-state index is -1.58. The molecule has 1 aliphatic carbocycles. The van der Waals surface area contributed by atoms with Crippen LogP contribution >= 0.6 is 0 Å². The number of nitrogens with one attached hydrogen (secondary N) is 3. The lowest BCUT2D eigenvalue weighted by molar-refractivity contribution is -0.156. The van der Waals surface area contributed by atoms with Crippen molar-refractivity contribution in [3.8, 4) is 0 Å². The number of nitrogens with zero attached hydrogens (tertiary/aromatic N) is 4. The van der Waals surface area contributed by atoms with Crippen molar-refractivity contribution < 1.29 is 28.8 Å². The summed E-state index contributed by atoms with van der Waals surface area (Å²) in [6, 6.07) is 3.42. The van der Waals surface area contributed by atoms with Crippen LogP contribution in [0.4, 0.5) is 0 Å². The number of piperazine rings is 1. The highest BCUT2D eigenvalue weighted by atomic mass is 16.2. The zero-order chi connectivity index (χ0) is 40.7. The average molecular weight is 781 g/mol. The van der Waals surface area contributed by atoms with Crippen molar-refractivity contribution in [1.82, 2.24) is 35.2 Å². The molecule has 6 rings (SSSR count). The number of nitrogens with two attached hydrogens (primary N) is 1. The largest absolute Gasteiger partial charge is 0.361 e. The molecular weight excluding hydrogens is 725 g/mol. The maximum absolute atomic E-state index is 14.8. The molecule has 0 saturated carbocycles. The van der Waals surface area contributed by atoms with Crippen molar-refractivity contribution >= 4 is 46.7 Å². The van der Waals surface area contributed by atoms with Crippen LogP contribution < -0.4 is 16.4 Å². The van der Waals surface area contributed by atoms with Crippen molar-refractivity contribution in [2.45, 2.75) is 76.5 Å². The fourth-order valence-electron chi connectivity index (χ4n) is 8.49. The van der Waals surface area contributed by atoms with Crippen molar-refractivity contribution in [3.05, 3.63) is 84.3 Å². The van der Waals surface area contributed by atoms with Gasteiger partial charge in [-0.25, -0.2) is 0 Å². The van der Waals surface area contributed by atoms with Gasteiger partial charge in [0.25, 0.3) is 5.91 Å². The average Bonchev–Trinajstić information content (AvgIpc) is 3.92. The third-order valence-electron chi connectivity index (χ3n) is 12.1. The molecule has 57 heavy (non-hydrogen) atoms. The molecule has 14 heteroatoms. The van der Waals surface area contributed by atoms with Gasteiger partial charge in [0.05, 0.1) is 18.1 Å². The summed E-state index contributed by atoms with van der Waals surface area (Å²) >= 11 is 0. The standard InChI is InChI=1S/C43H56N8O6/c1-4-29(2)37(44)40(55)51(32(28-52)25-30-27-47-34-15-7-6-14-33(30)34)39(54)36-16-12-22-50(36)38(53)35(45-3)26-31-13-8-9-17-43(31,41(56)48-20-10-5-11-21-48)42(57)49-23-18-46-19-24-49/h5-11,13-15,20,27-29,32,35-37,45-47H,4,12,16-19,21-26,44H2,1-3H3/t29-,32+,35+,36-,37-,43-/m0/s1. The monoisotopic (exact) mass is 780 g/mol. The van der Waals surface area contributed by atoms with Gasteiger partial charge in [-0.3, -0.25) is 28.9 Å². The number of amides is 5. The number of carbonyl (C=O) groups excluding carboxylic acids is 6. The number of likely N-dealkylation sites (tertiary alicyclic amines) is 1. The summed E-state index contributed by atoms with van der Waals surface area (Å²) < 4.78 is 0. The number of aromatic amines is 1. The number of hydrogen-bond acceptors (Lipinski definition) is 9. The van der Waals surface area contributed by atoms with E-state index in [4.69, 9.17) is 5.73 Å². The van der Waals surface area contributed by atoms with E-state index in [-0.39, 0.29) is 50.0 Å². The van der Waals surface area contributed by atoms with E-state index in [1.54, 1.807) is 41.4 Å². The fourth-order valence-corrected chi connectivity index (χ4v) is 8.49. The zero-order valence-corrected chi connectivity index (χ0v) is 33.2. The van der Waals surface area contributed by atoms with Crippen LogP contribution in [0.1, 0.15) is 51.5 Å². The summed E-state index contributed by atoms with van der Waals surface area (Å²) in [6.07, 6.45) is 16.5. The molecule has 5 N–H and O–H groups in total. The second kappa shape index (κ2) is 18.4. The molecule has 4 aliphatic rings. The third kappa shape index (κ3) is 8.30. The number of allylic oxidation sites excluding steroid dienone is 5. The quantitative estimate of drug-likeness (QED) is 0.165. The molecule has 4 heterocycles. The molecule has 2 fully saturated rings. The SMILES string of the molecule is CC[C@H](C)[C@H](N)C(=O)N(C(=O)[C@@H]1CCCN1C(=O)[C@@H](CC1=CC=CC[C@]1(C(=O)N1C=CC=CC1)C(=O)N1CCNCC1)NC)[C@@H](C=O)Cc1c[nH]c2ccccc12. The normalized spacial score (nSPS) is 22.8. The van der Waals surface area contributed by atoms with Gasteiger partial charge in [0.15, 0.2) is 5.41 Å². The molecule has 1 aromatic carbocycles. The molecule has 5 amide bonds. The molecule has 304 valence electrons. The Bertz CT molecular complexity index is 1960. The number of para-hydroxylation sites is 1. The van der Waals surface area contributed by atoms with Crippen LogP contribution in [0.5, 0.6) is 0 Å². The minimum absolute atomic E-state index is 0.0209. The Kier molecular flexibility index (Phi) is 13.4. The maximum Gasteiger partial charge on any atom is 0.252 e. The van der Waals surface area contributed by atoms with E-state index < -0.39 is 47.3 Å². The molecule has 14 nitrogen and oxygen atoms in total. The smallest absolute Gasteiger partial charge is 0.252 e. The van der Waals surface area contributed by atoms with Gasteiger partial charge >= 0.3 is 0 Å². The molecule has 2 saturated heterocycles. The number of carbonyl (C=O) groups is 6. The Morgan fingerprint density at radius 1 is 1.04 bits per heavy atom. The predicted octanol–water partition coefficient (Wildman–Crippen LogP) is 2.19. The molecule has 3 aliphatic heterocycles. The lowest BCUT2D eigenvalue weighted by Crippen LogP contribution is -2.60. The first-order chi connectivity index (χ1) is 27.6. The molecule has 0 unspecified atom stereocenters. The summed E-state index contributed by atoms with van der Waals surface area (Å²) in [6.45, 7) is 6.40. The molecule has 2 aromatic rings. The van der Waals surface area contributed by atoms with Gasteiger partial charge in [-0.1, -0.05) is 68.8 Å². The lowest BCUT2D eigenvalue weighted by atomic mass is 9.69. The summed E-state index contributed by atoms with van der Waals surface area (Å²) in [5.74, 6) is -2.65. The van der Waals surface area contributed by atoms with Crippen LogP contribution in [0.3, 0.4) is 0 Å². The first kappa shape index (κ1) is 41.5. The fraction of sp³-hybridized carbons (Fsp3) is 0.488. The van der Waals surface area contributed by atoms with E-state index in [0.29, 0.717) is 57.4 Å². The highest BCUT2D eigenvalue weighted by Crippen LogP contribution is 2.42. The van der Waals surface area contributed by atoms with Gasteiger partial charge in [0.1, 0.15) is 12.3 Å². The Balaban J connectivity index is 1.30. The predicted molar refractivity (Wildman–Crippen MR) is 217 cm³/mol. The topological polar surface area (TPSA) is 181 Å². The van der Waals surface area contributed by atoms with E-state index >= 15 is 0 Å². The Hall–Kier alpha value is -5.18.